The second-order valence-electron chi connectivity index (χ2n) is 11.0. The Morgan fingerprint density at radius 1 is 1.05 bits per heavy atom. The second-order valence-corrected chi connectivity index (χ2v) is 12.2. The van der Waals surface area contributed by atoms with E-state index in [1.54, 1.807) is 24.3 Å². The number of nitrogens with one attached hydrogen (secondary N) is 1. The third-order valence-electron chi connectivity index (χ3n) is 8.38. The zero-order valence-corrected chi connectivity index (χ0v) is 25.2. The van der Waals surface area contributed by atoms with Gasteiger partial charge < -0.3 is 19.9 Å². The Kier molecular flexibility index (Phi) is 8.50. The molecule has 5 rings (SSSR count). The van der Waals surface area contributed by atoms with Crippen molar-refractivity contribution in [3.63, 3.8) is 0 Å². The first-order valence-electron chi connectivity index (χ1n) is 14.2. The van der Waals surface area contributed by atoms with Crippen LogP contribution in [0.5, 0.6) is 17.2 Å². The lowest BCUT2D eigenvalue weighted by Crippen LogP contribution is -2.41. The van der Waals surface area contributed by atoms with Crippen LogP contribution in [0.2, 0.25) is 0 Å². The third kappa shape index (κ3) is 6.11. The standard InChI is InChI=1S/C33H36N2O6S/c1-5-33(16-17-39-25-12-6-22(7-13-25)18-27-30(36)35-32(38)42-27)15-14-26-21(4)28(19(2)20(3)29(26)41-33)40-31(37)23-8-10-24(34)11-9-23/h6-13,27H,5,14-18,34H2,1-4H3,(H,35,36,38). The molecule has 1 saturated heterocycles. The molecular formula is C33H36N2O6S. The molecular weight excluding hydrogens is 552 g/mol. The van der Waals surface area contributed by atoms with Gasteiger partial charge in [-0.15, -0.1) is 0 Å². The summed E-state index contributed by atoms with van der Waals surface area (Å²) in [7, 11) is 0. The number of nitrogen functional groups attached to an aromatic ring is 1. The highest BCUT2D eigenvalue weighted by Gasteiger charge is 2.37. The molecule has 1 fully saturated rings. The first-order chi connectivity index (χ1) is 20.1. The van der Waals surface area contributed by atoms with Crippen molar-refractivity contribution in [1.29, 1.82) is 0 Å². The summed E-state index contributed by atoms with van der Waals surface area (Å²) in [5.41, 5.74) is 11.3. The maximum Gasteiger partial charge on any atom is 0.343 e. The van der Waals surface area contributed by atoms with Gasteiger partial charge >= 0.3 is 5.97 Å². The van der Waals surface area contributed by atoms with Gasteiger partial charge in [0.2, 0.25) is 5.91 Å². The highest BCUT2D eigenvalue weighted by molar-refractivity contribution is 8.15. The quantitative estimate of drug-likeness (QED) is 0.171. The molecule has 0 aliphatic carbocycles. The first kappa shape index (κ1) is 29.5. The number of rotatable bonds is 9. The summed E-state index contributed by atoms with van der Waals surface area (Å²) in [5, 5.41) is 1.65. The highest BCUT2D eigenvalue weighted by atomic mass is 32.2. The van der Waals surface area contributed by atoms with Crippen LogP contribution in [0.15, 0.2) is 48.5 Å². The molecule has 2 unspecified atom stereocenters. The minimum atomic E-state index is -0.414. The van der Waals surface area contributed by atoms with E-state index in [0.717, 1.165) is 76.8 Å². The SMILES string of the molecule is CCC1(CCOc2ccc(CC3SC(=O)NC3=O)cc2)CCc2c(C)c(OC(=O)c3ccc(N)cc3)c(C)c(C)c2O1. The summed E-state index contributed by atoms with van der Waals surface area (Å²) in [4.78, 5) is 36.1. The Morgan fingerprint density at radius 2 is 1.76 bits per heavy atom. The summed E-state index contributed by atoms with van der Waals surface area (Å²) in [5.74, 6) is 1.56. The van der Waals surface area contributed by atoms with Crippen molar-refractivity contribution in [2.75, 3.05) is 12.3 Å². The minimum absolute atomic E-state index is 0.236. The molecule has 9 heteroatoms. The summed E-state index contributed by atoms with van der Waals surface area (Å²) in [6.45, 7) is 8.59. The van der Waals surface area contributed by atoms with Crippen LogP contribution in [-0.2, 0) is 17.6 Å². The maximum atomic E-state index is 12.9. The molecule has 3 aromatic carbocycles. The van der Waals surface area contributed by atoms with Crippen LogP contribution in [0.3, 0.4) is 0 Å². The molecule has 3 N–H and O–H groups in total. The molecule has 0 spiro atoms. The van der Waals surface area contributed by atoms with Crippen molar-refractivity contribution in [2.45, 2.75) is 70.7 Å². The van der Waals surface area contributed by atoms with E-state index in [1.165, 1.54) is 0 Å². The van der Waals surface area contributed by atoms with Gasteiger partial charge in [0.15, 0.2) is 0 Å². The van der Waals surface area contributed by atoms with Gasteiger partial charge in [0.1, 0.15) is 22.8 Å². The number of imide groups is 1. The molecule has 0 radical (unpaired) electrons. The van der Waals surface area contributed by atoms with Crippen LogP contribution in [0.4, 0.5) is 10.5 Å². The number of ether oxygens (including phenoxy) is 3. The number of hydrogen-bond acceptors (Lipinski definition) is 8. The largest absolute Gasteiger partial charge is 0.493 e. The predicted molar refractivity (Wildman–Crippen MR) is 164 cm³/mol. The second kappa shape index (κ2) is 12.1. The van der Waals surface area contributed by atoms with Gasteiger partial charge in [0.05, 0.1) is 17.4 Å². The van der Waals surface area contributed by atoms with E-state index >= 15 is 0 Å². The molecule has 220 valence electrons. The predicted octanol–water partition coefficient (Wildman–Crippen LogP) is 6.25. The summed E-state index contributed by atoms with van der Waals surface area (Å²) >= 11 is 1.03. The normalized spacial score (nSPS) is 19.6. The van der Waals surface area contributed by atoms with E-state index in [0.29, 0.717) is 30.0 Å². The fourth-order valence-electron chi connectivity index (χ4n) is 5.56. The van der Waals surface area contributed by atoms with E-state index in [2.05, 4.69) is 12.2 Å². The van der Waals surface area contributed by atoms with Crippen molar-refractivity contribution < 1.29 is 28.6 Å². The average Bonchev–Trinajstić information content (AvgIpc) is 3.31. The summed E-state index contributed by atoms with van der Waals surface area (Å²) in [6.07, 6.45) is 3.69. The molecule has 0 bridgehead atoms. The Morgan fingerprint density at radius 3 is 2.40 bits per heavy atom. The van der Waals surface area contributed by atoms with E-state index in [1.807, 2.05) is 45.0 Å². The van der Waals surface area contributed by atoms with Gasteiger partial charge in [0.25, 0.3) is 5.24 Å². The Bertz CT molecular complexity index is 1520. The third-order valence-corrected chi connectivity index (χ3v) is 9.36. The number of fused-ring (bicyclic) bond motifs is 1. The zero-order valence-electron chi connectivity index (χ0n) is 24.4. The number of thioether (sulfide) groups is 1. The summed E-state index contributed by atoms with van der Waals surface area (Å²) < 4.78 is 18.8. The van der Waals surface area contributed by atoms with Crippen LogP contribution in [-0.4, -0.2) is 34.6 Å². The molecule has 2 atom stereocenters. The van der Waals surface area contributed by atoms with E-state index < -0.39 is 5.97 Å². The summed E-state index contributed by atoms with van der Waals surface area (Å²) in [6, 6.07) is 14.4. The maximum absolute atomic E-state index is 12.9. The molecule has 0 saturated carbocycles. The monoisotopic (exact) mass is 588 g/mol. The van der Waals surface area contributed by atoms with Crippen molar-refractivity contribution in [1.82, 2.24) is 5.32 Å². The van der Waals surface area contributed by atoms with Gasteiger partial charge in [-0.25, -0.2) is 4.79 Å². The Hall–Kier alpha value is -3.98. The van der Waals surface area contributed by atoms with Gasteiger partial charge in [-0.05, 0) is 105 Å². The Balaban J connectivity index is 1.23. The van der Waals surface area contributed by atoms with Crippen molar-refractivity contribution >= 4 is 34.6 Å². The highest BCUT2D eigenvalue weighted by Crippen LogP contribution is 2.45. The lowest BCUT2D eigenvalue weighted by Gasteiger charge is -2.40. The molecule has 8 nitrogen and oxygen atoms in total. The van der Waals surface area contributed by atoms with Crippen LogP contribution < -0.4 is 25.3 Å². The number of hydrogen-bond donors (Lipinski definition) is 2. The molecule has 2 heterocycles. The van der Waals surface area contributed by atoms with Crippen LogP contribution >= 0.6 is 11.8 Å². The average molecular weight is 589 g/mol. The molecule has 0 aromatic heterocycles. The van der Waals surface area contributed by atoms with Gasteiger partial charge in [-0.2, -0.15) is 0 Å². The topological polar surface area (TPSA) is 117 Å². The van der Waals surface area contributed by atoms with Crippen LogP contribution in [0, 0.1) is 20.8 Å². The van der Waals surface area contributed by atoms with Crippen LogP contribution in [0.25, 0.3) is 0 Å². The number of esters is 1. The number of carbonyl (C=O) groups excluding carboxylic acids is 3. The van der Waals surface area contributed by atoms with Gasteiger partial charge in [0, 0.05) is 17.7 Å². The zero-order chi connectivity index (χ0) is 30.0. The molecule has 2 aliphatic heterocycles. The lowest BCUT2D eigenvalue weighted by molar-refractivity contribution is -0.118. The smallest absolute Gasteiger partial charge is 0.343 e. The molecule has 3 aromatic rings. The van der Waals surface area contributed by atoms with Gasteiger partial charge in [-0.1, -0.05) is 30.8 Å². The fourth-order valence-corrected chi connectivity index (χ4v) is 6.42. The van der Waals surface area contributed by atoms with Crippen molar-refractivity contribution in [2.24, 2.45) is 0 Å². The van der Waals surface area contributed by atoms with E-state index in [9.17, 15) is 14.4 Å². The number of amides is 2. The minimum Gasteiger partial charge on any atom is -0.493 e. The van der Waals surface area contributed by atoms with E-state index in [-0.39, 0.29) is 22.0 Å². The van der Waals surface area contributed by atoms with Crippen molar-refractivity contribution in [3.05, 3.63) is 81.9 Å². The first-order valence-corrected chi connectivity index (χ1v) is 15.1. The number of benzene rings is 3. The fraction of sp³-hybridized carbons (Fsp3) is 0.364. The molecule has 2 amide bonds. The number of anilines is 1. The lowest BCUT2D eigenvalue weighted by atomic mass is 9.83. The van der Waals surface area contributed by atoms with Crippen molar-refractivity contribution in [3.8, 4) is 17.2 Å². The number of carbonyl (C=O) groups is 3. The van der Waals surface area contributed by atoms with Crippen LogP contribution in [0.1, 0.15) is 64.4 Å². The van der Waals surface area contributed by atoms with E-state index in [4.69, 9.17) is 19.9 Å². The number of nitrogens with two attached hydrogens (primary N) is 1. The van der Waals surface area contributed by atoms with Gasteiger partial charge in [-0.3, -0.25) is 14.9 Å². The molecule has 2 aliphatic rings. The molecule has 42 heavy (non-hydrogen) atoms. The Labute approximate surface area is 250 Å².